The molecule has 7 heteroatoms. The van der Waals surface area contributed by atoms with Gasteiger partial charge >= 0.3 is 0 Å². The van der Waals surface area contributed by atoms with E-state index < -0.39 is 0 Å². The molecule has 1 aliphatic rings. The van der Waals surface area contributed by atoms with E-state index in [9.17, 15) is 4.79 Å². The topological polar surface area (TPSA) is 56.8 Å². The summed E-state index contributed by atoms with van der Waals surface area (Å²) in [4.78, 5) is 13.1. The Labute approximate surface area is 165 Å². The minimum absolute atomic E-state index is 0.167. The number of hydrogen-bond acceptors (Lipinski definition) is 5. The van der Waals surface area contributed by atoms with Gasteiger partial charge in [-0.3, -0.25) is 4.79 Å². The first-order chi connectivity index (χ1) is 13.1. The van der Waals surface area contributed by atoms with Crippen LogP contribution in [0.2, 0.25) is 5.02 Å². The van der Waals surface area contributed by atoms with Gasteiger partial charge in [-0.25, -0.2) is 0 Å². The molecular weight excluding hydrogens is 386 g/mol. The molecule has 5 nitrogen and oxygen atoms in total. The first-order valence-electron chi connectivity index (χ1n) is 8.26. The van der Waals surface area contributed by atoms with Crippen molar-refractivity contribution in [1.82, 2.24) is 0 Å². The maximum absolute atomic E-state index is 12.5. The van der Waals surface area contributed by atoms with Gasteiger partial charge in [-0.2, -0.15) is 0 Å². The van der Waals surface area contributed by atoms with Crippen LogP contribution in [0.4, 0.5) is 5.69 Å². The molecule has 0 saturated carbocycles. The smallest absolute Gasteiger partial charge is 0.265 e. The number of amides is 1. The number of nitrogens with one attached hydrogen (secondary N) is 1. The van der Waals surface area contributed by atoms with E-state index in [1.807, 2.05) is 36.6 Å². The van der Waals surface area contributed by atoms with E-state index in [4.69, 9.17) is 25.8 Å². The molecule has 0 spiro atoms. The van der Waals surface area contributed by atoms with Gasteiger partial charge in [0.25, 0.3) is 5.91 Å². The number of aryl methyl sites for hydroxylation is 1. The van der Waals surface area contributed by atoms with Gasteiger partial charge in [-0.05, 0) is 48.2 Å². The zero-order valence-corrected chi connectivity index (χ0v) is 16.0. The Morgan fingerprint density at radius 1 is 1.19 bits per heavy atom. The highest BCUT2D eigenvalue weighted by Crippen LogP contribution is 2.35. The van der Waals surface area contributed by atoms with E-state index in [-0.39, 0.29) is 12.7 Å². The molecule has 2 aromatic carbocycles. The lowest BCUT2D eigenvalue weighted by Gasteiger charge is -2.07. The lowest BCUT2D eigenvalue weighted by atomic mass is 10.2. The number of thiophene rings is 1. The molecule has 0 atom stereocenters. The second-order valence-electron chi connectivity index (χ2n) is 6.04. The molecule has 138 valence electrons. The molecule has 0 aliphatic carbocycles. The van der Waals surface area contributed by atoms with Crippen molar-refractivity contribution in [3.63, 3.8) is 0 Å². The van der Waals surface area contributed by atoms with Crippen LogP contribution in [-0.2, 0) is 6.61 Å². The first-order valence-corrected chi connectivity index (χ1v) is 9.51. The zero-order chi connectivity index (χ0) is 18.8. The van der Waals surface area contributed by atoms with Gasteiger partial charge in [0, 0.05) is 22.3 Å². The highest BCUT2D eigenvalue weighted by molar-refractivity contribution is 7.12. The number of benzene rings is 2. The van der Waals surface area contributed by atoms with E-state index >= 15 is 0 Å². The molecule has 1 aliphatic heterocycles. The molecule has 1 N–H and O–H groups in total. The van der Waals surface area contributed by atoms with Crippen molar-refractivity contribution in [3.8, 4) is 17.2 Å². The fourth-order valence-electron chi connectivity index (χ4n) is 2.62. The van der Waals surface area contributed by atoms with Crippen LogP contribution < -0.4 is 19.5 Å². The fraction of sp³-hybridized carbons (Fsp3) is 0.150. The van der Waals surface area contributed by atoms with Gasteiger partial charge in [-0.15, -0.1) is 11.3 Å². The summed E-state index contributed by atoms with van der Waals surface area (Å²) in [5, 5.41) is 5.39. The third kappa shape index (κ3) is 4.02. The number of ether oxygens (including phenoxy) is 3. The average Bonchev–Trinajstić information content (AvgIpc) is 3.31. The summed E-state index contributed by atoms with van der Waals surface area (Å²) < 4.78 is 16.4. The number of anilines is 1. The summed E-state index contributed by atoms with van der Waals surface area (Å²) in [6.07, 6.45) is 0. The summed E-state index contributed by atoms with van der Waals surface area (Å²) in [6.45, 7) is 2.51. The maximum atomic E-state index is 12.5. The fourth-order valence-corrected chi connectivity index (χ4v) is 3.58. The Hall–Kier alpha value is -2.70. The molecule has 2 heterocycles. The second kappa shape index (κ2) is 7.50. The quantitative estimate of drug-likeness (QED) is 0.632. The Morgan fingerprint density at radius 2 is 2.04 bits per heavy atom. The summed E-state index contributed by atoms with van der Waals surface area (Å²) in [5.74, 6) is 1.91. The number of carbonyl (C=O) groups is 1. The predicted octanol–water partition coefficient (Wildman–Crippen LogP) is 5.27. The highest BCUT2D eigenvalue weighted by Gasteiger charge is 2.15. The van der Waals surface area contributed by atoms with Gasteiger partial charge in [0.05, 0.1) is 4.88 Å². The number of hydrogen-bond donors (Lipinski definition) is 1. The molecular formula is C20H16ClNO4S. The zero-order valence-electron chi connectivity index (χ0n) is 14.5. The first kappa shape index (κ1) is 17.7. The minimum atomic E-state index is -0.167. The van der Waals surface area contributed by atoms with Crippen molar-refractivity contribution < 1.29 is 19.0 Å². The molecule has 1 amide bonds. The lowest BCUT2D eigenvalue weighted by molar-refractivity contribution is 0.103. The van der Waals surface area contributed by atoms with Crippen LogP contribution in [0, 0.1) is 6.92 Å². The minimum Gasteiger partial charge on any atom is -0.489 e. The van der Waals surface area contributed by atoms with Gasteiger partial charge in [0.1, 0.15) is 12.4 Å². The largest absolute Gasteiger partial charge is 0.489 e. The monoisotopic (exact) mass is 401 g/mol. The Kier molecular flexibility index (Phi) is 4.92. The van der Waals surface area contributed by atoms with Gasteiger partial charge in [-0.1, -0.05) is 17.7 Å². The number of fused-ring (bicyclic) bond motifs is 1. The van der Waals surface area contributed by atoms with Crippen LogP contribution in [0.3, 0.4) is 0 Å². The normalized spacial score (nSPS) is 12.1. The average molecular weight is 402 g/mol. The van der Waals surface area contributed by atoms with Crippen molar-refractivity contribution in [2.24, 2.45) is 0 Å². The van der Waals surface area contributed by atoms with Crippen LogP contribution in [0.5, 0.6) is 17.2 Å². The summed E-state index contributed by atoms with van der Waals surface area (Å²) in [6, 6.07) is 12.7. The second-order valence-corrected chi connectivity index (χ2v) is 7.38. The molecule has 0 fully saturated rings. The van der Waals surface area contributed by atoms with Crippen molar-refractivity contribution in [1.29, 1.82) is 0 Å². The van der Waals surface area contributed by atoms with Crippen LogP contribution in [0.1, 0.15) is 20.8 Å². The maximum Gasteiger partial charge on any atom is 0.265 e. The van der Waals surface area contributed by atoms with Gasteiger partial charge in [0.2, 0.25) is 6.79 Å². The van der Waals surface area contributed by atoms with Gasteiger partial charge in [0.15, 0.2) is 11.5 Å². The molecule has 1 aromatic heterocycles. The van der Waals surface area contributed by atoms with Crippen molar-refractivity contribution in [2.45, 2.75) is 13.5 Å². The van der Waals surface area contributed by atoms with E-state index in [0.29, 0.717) is 39.4 Å². The van der Waals surface area contributed by atoms with Gasteiger partial charge < -0.3 is 19.5 Å². The third-order valence-corrected chi connectivity index (χ3v) is 5.29. The molecule has 3 aromatic rings. The van der Waals surface area contributed by atoms with E-state index in [1.165, 1.54) is 11.3 Å². The molecule has 0 radical (unpaired) electrons. The summed E-state index contributed by atoms with van der Waals surface area (Å²) in [7, 11) is 0. The molecule has 0 unspecified atom stereocenters. The standard InChI is InChI=1S/C20H16ClNO4S/c1-12-2-3-14(21)7-16(12)22-20(23)19-6-13(10-27-19)9-24-15-4-5-17-18(8-15)26-11-25-17/h2-8,10H,9,11H2,1H3,(H,22,23). The molecule has 27 heavy (non-hydrogen) atoms. The number of carbonyl (C=O) groups excluding carboxylic acids is 1. The third-order valence-electron chi connectivity index (χ3n) is 4.07. The van der Waals surface area contributed by atoms with Crippen LogP contribution in [0.15, 0.2) is 47.8 Å². The van der Waals surface area contributed by atoms with E-state index in [1.54, 1.807) is 18.2 Å². The predicted molar refractivity (Wildman–Crippen MR) is 105 cm³/mol. The van der Waals surface area contributed by atoms with Crippen molar-refractivity contribution in [3.05, 3.63) is 68.9 Å². The lowest BCUT2D eigenvalue weighted by Crippen LogP contribution is -2.11. The number of rotatable bonds is 5. The van der Waals surface area contributed by atoms with E-state index in [0.717, 1.165) is 11.1 Å². The van der Waals surface area contributed by atoms with Crippen molar-refractivity contribution >= 4 is 34.5 Å². The molecule has 4 rings (SSSR count). The van der Waals surface area contributed by atoms with Crippen molar-refractivity contribution in [2.75, 3.05) is 12.1 Å². The Balaban J connectivity index is 1.39. The highest BCUT2D eigenvalue weighted by atomic mass is 35.5. The number of halogens is 1. The Morgan fingerprint density at radius 3 is 2.93 bits per heavy atom. The van der Waals surface area contributed by atoms with E-state index in [2.05, 4.69) is 5.32 Å². The summed E-state index contributed by atoms with van der Waals surface area (Å²) in [5.41, 5.74) is 2.58. The Bertz CT molecular complexity index is 1000. The molecule has 0 bridgehead atoms. The SMILES string of the molecule is Cc1ccc(Cl)cc1NC(=O)c1cc(COc2ccc3c(c2)OCO3)cs1. The van der Waals surface area contributed by atoms with Crippen LogP contribution >= 0.6 is 22.9 Å². The van der Waals surface area contributed by atoms with Crippen LogP contribution in [-0.4, -0.2) is 12.7 Å². The molecule has 0 saturated heterocycles. The van der Waals surface area contributed by atoms with Crippen LogP contribution in [0.25, 0.3) is 0 Å². The summed E-state index contributed by atoms with van der Waals surface area (Å²) >= 11 is 7.38.